The molecule has 2 rings (SSSR count). The lowest BCUT2D eigenvalue weighted by Crippen LogP contribution is -2.38. The average Bonchev–Trinajstić information content (AvgIpc) is 2.94. The fourth-order valence-corrected chi connectivity index (χ4v) is 3.35. The quantitative estimate of drug-likeness (QED) is 0.756. The number of rotatable bonds is 7. The molecule has 3 atom stereocenters. The van der Waals surface area contributed by atoms with Crippen molar-refractivity contribution in [2.45, 2.75) is 50.5 Å². The van der Waals surface area contributed by atoms with Crippen LogP contribution in [0.1, 0.15) is 44.6 Å². The van der Waals surface area contributed by atoms with E-state index in [0.29, 0.717) is 6.42 Å². The molecule has 23 heavy (non-hydrogen) atoms. The largest absolute Gasteiger partial charge is 0.481 e. The van der Waals surface area contributed by atoms with Gasteiger partial charge in [0.2, 0.25) is 5.91 Å². The number of nitrogens with one attached hydrogen (secondary N) is 1. The van der Waals surface area contributed by atoms with Gasteiger partial charge in [-0.05, 0) is 24.8 Å². The van der Waals surface area contributed by atoms with Gasteiger partial charge in [-0.2, -0.15) is 0 Å². The van der Waals surface area contributed by atoms with E-state index >= 15 is 0 Å². The SMILES string of the molecule is CC(CC(=O)O)(CC(=O)NC1CCC(C=O)C1)c1ccccc1. The van der Waals surface area contributed by atoms with Crippen molar-refractivity contribution in [2.75, 3.05) is 0 Å². The normalized spacial score (nSPS) is 23.0. The Balaban J connectivity index is 2.04. The molecule has 0 heterocycles. The first-order chi connectivity index (χ1) is 10.9. The van der Waals surface area contributed by atoms with E-state index in [9.17, 15) is 19.5 Å². The lowest BCUT2D eigenvalue weighted by Gasteiger charge is -2.28. The molecule has 1 amide bonds. The molecule has 1 aliphatic rings. The van der Waals surface area contributed by atoms with Gasteiger partial charge in [0.05, 0.1) is 6.42 Å². The Labute approximate surface area is 136 Å². The van der Waals surface area contributed by atoms with Crippen LogP contribution >= 0.6 is 0 Å². The van der Waals surface area contributed by atoms with Gasteiger partial charge in [0.15, 0.2) is 0 Å². The monoisotopic (exact) mass is 317 g/mol. The highest BCUT2D eigenvalue weighted by Crippen LogP contribution is 2.32. The molecule has 1 aromatic carbocycles. The van der Waals surface area contributed by atoms with Crippen LogP contribution < -0.4 is 5.32 Å². The smallest absolute Gasteiger partial charge is 0.304 e. The lowest BCUT2D eigenvalue weighted by atomic mass is 9.76. The van der Waals surface area contributed by atoms with Crippen molar-refractivity contribution in [1.82, 2.24) is 5.32 Å². The molecule has 3 unspecified atom stereocenters. The molecule has 124 valence electrons. The first-order valence-electron chi connectivity index (χ1n) is 7.95. The van der Waals surface area contributed by atoms with Crippen LogP contribution in [0.4, 0.5) is 0 Å². The van der Waals surface area contributed by atoms with Gasteiger partial charge in [-0.25, -0.2) is 0 Å². The molecule has 0 radical (unpaired) electrons. The van der Waals surface area contributed by atoms with E-state index in [1.807, 2.05) is 30.3 Å². The van der Waals surface area contributed by atoms with Crippen molar-refractivity contribution in [2.24, 2.45) is 5.92 Å². The molecule has 1 fully saturated rings. The molecule has 1 saturated carbocycles. The fourth-order valence-electron chi connectivity index (χ4n) is 3.35. The molecule has 1 aromatic rings. The van der Waals surface area contributed by atoms with Gasteiger partial charge in [-0.1, -0.05) is 37.3 Å². The highest BCUT2D eigenvalue weighted by Gasteiger charge is 2.33. The Morgan fingerprint density at radius 3 is 2.52 bits per heavy atom. The van der Waals surface area contributed by atoms with Crippen molar-refractivity contribution in [3.05, 3.63) is 35.9 Å². The maximum Gasteiger partial charge on any atom is 0.304 e. The van der Waals surface area contributed by atoms with E-state index < -0.39 is 11.4 Å². The van der Waals surface area contributed by atoms with E-state index in [1.165, 1.54) is 0 Å². The second kappa shape index (κ2) is 7.40. The van der Waals surface area contributed by atoms with Crippen molar-refractivity contribution in [1.29, 1.82) is 0 Å². The third-order valence-electron chi connectivity index (χ3n) is 4.59. The Kier molecular flexibility index (Phi) is 5.53. The number of benzene rings is 1. The van der Waals surface area contributed by atoms with Gasteiger partial charge in [-0.3, -0.25) is 9.59 Å². The summed E-state index contributed by atoms with van der Waals surface area (Å²) in [6, 6.07) is 9.28. The van der Waals surface area contributed by atoms with E-state index in [-0.39, 0.29) is 30.7 Å². The maximum atomic E-state index is 12.4. The lowest BCUT2D eigenvalue weighted by molar-refractivity contribution is -0.138. The zero-order valence-electron chi connectivity index (χ0n) is 13.3. The standard InChI is InChI=1S/C18H23NO4/c1-18(11-17(22)23,14-5-3-2-4-6-14)10-16(21)19-15-8-7-13(9-15)12-20/h2-6,12-13,15H,7-11H2,1H3,(H,19,21)(H,22,23). The molecule has 5 heteroatoms. The fraction of sp³-hybridized carbons (Fsp3) is 0.500. The van der Waals surface area contributed by atoms with Gasteiger partial charge in [0.25, 0.3) is 0 Å². The molecule has 2 N–H and O–H groups in total. The minimum Gasteiger partial charge on any atom is -0.481 e. The Hall–Kier alpha value is -2.17. The predicted octanol–water partition coefficient (Wildman–Crippen LogP) is 2.29. The summed E-state index contributed by atoms with van der Waals surface area (Å²) in [7, 11) is 0. The van der Waals surface area contributed by atoms with Crippen molar-refractivity contribution < 1.29 is 19.5 Å². The molecule has 5 nitrogen and oxygen atoms in total. The highest BCUT2D eigenvalue weighted by molar-refractivity contribution is 5.79. The Bertz CT molecular complexity index is 572. The number of carboxylic acids is 1. The van der Waals surface area contributed by atoms with Gasteiger partial charge in [0, 0.05) is 23.8 Å². The number of amides is 1. The third kappa shape index (κ3) is 4.65. The van der Waals surface area contributed by atoms with Crippen LogP contribution in [0.2, 0.25) is 0 Å². The number of aliphatic carboxylic acids is 1. The number of carboxylic acid groups (broad SMARTS) is 1. The summed E-state index contributed by atoms with van der Waals surface area (Å²) in [6.07, 6.45) is 3.24. The van der Waals surface area contributed by atoms with Gasteiger partial charge >= 0.3 is 5.97 Å². The molecule has 0 aromatic heterocycles. The van der Waals surface area contributed by atoms with Crippen molar-refractivity contribution >= 4 is 18.2 Å². The predicted molar refractivity (Wildman–Crippen MR) is 86.0 cm³/mol. The highest BCUT2D eigenvalue weighted by atomic mass is 16.4. The summed E-state index contributed by atoms with van der Waals surface area (Å²) in [5.74, 6) is -1.06. The molecule has 0 spiro atoms. The zero-order valence-corrected chi connectivity index (χ0v) is 13.3. The van der Waals surface area contributed by atoms with E-state index in [1.54, 1.807) is 6.92 Å². The first-order valence-corrected chi connectivity index (χ1v) is 7.95. The Morgan fingerprint density at radius 1 is 1.26 bits per heavy atom. The summed E-state index contributed by atoms with van der Waals surface area (Å²) in [6.45, 7) is 1.80. The summed E-state index contributed by atoms with van der Waals surface area (Å²) in [5, 5.41) is 12.2. The van der Waals surface area contributed by atoms with Gasteiger partial charge in [-0.15, -0.1) is 0 Å². The second-order valence-electron chi connectivity index (χ2n) is 6.65. The van der Waals surface area contributed by atoms with Crippen LogP contribution in [0, 0.1) is 5.92 Å². The van der Waals surface area contributed by atoms with Crippen LogP contribution in [0.25, 0.3) is 0 Å². The van der Waals surface area contributed by atoms with Crippen LogP contribution in [0.3, 0.4) is 0 Å². The number of carbonyl (C=O) groups excluding carboxylic acids is 2. The summed E-state index contributed by atoms with van der Waals surface area (Å²) >= 11 is 0. The van der Waals surface area contributed by atoms with Crippen molar-refractivity contribution in [3.63, 3.8) is 0 Å². The topological polar surface area (TPSA) is 83.5 Å². The van der Waals surface area contributed by atoms with E-state index in [0.717, 1.165) is 24.7 Å². The molecule has 0 saturated heterocycles. The van der Waals surface area contributed by atoms with Gasteiger partial charge < -0.3 is 15.2 Å². The molecule has 0 bridgehead atoms. The van der Waals surface area contributed by atoms with Crippen LogP contribution in [0.15, 0.2) is 30.3 Å². The zero-order chi connectivity index (χ0) is 16.9. The molecular weight excluding hydrogens is 294 g/mol. The van der Waals surface area contributed by atoms with Crippen LogP contribution in [-0.2, 0) is 19.8 Å². The first kappa shape index (κ1) is 17.2. The van der Waals surface area contributed by atoms with Crippen molar-refractivity contribution in [3.8, 4) is 0 Å². The molecular formula is C18H23NO4. The average molecular weight is 317 g/mol. The van der Waals surface area contributed by atoms with Crippen LogP contribution in [0.5, 0.6) is 0 Å². The minimum absolute atomic E-state index is 0.0163. The molecule has 1 aliphatic carbocycles. The number of hydrogen-bond donors (Lipinski definition) is 2. The summed E-state index contributed by atoms with van der Waals surface area (Å²) in [5.41, 5.74) is 0.0922. The number of aldehydes is 1. The summed E-state index contributed by atoms with van der Waals surface area (Å²) in [4.78, 5) is 34.4. The van der Waals surface area contributed by atoms with Crippen LogP contribution in [-0.4, -0.2) is 29.3 Å². The minimum atomic E-state index is -0.925. The van der Waals surface area contributed by atoms with Gasteiger partial charge in [0.1, 0.15) is 6.29 Å². The molecule has 0 aliphatic heterocycles. The Morgan fingerprint density at radius 2 is 1.96 bits per heavy atom. The maximum absolute atomic E-state index is 12.4. The third-order valence-corrected chi connectivity index (χ3v) is 4.59. The number of carbonyl (C=O) groups is 3. The summed E-state index contributed by atoms with van der Waals surface area (Å²) < 4.78 is 0. The van der Waals surface area contributed by atoms with E-state index in [4.69, 9.17) is 0 Å². The van der Waals surface area contributed by atoms with E-state index in [2.05, 4.69) is 5.32 Å². The second-order valence-corrected chi connectivity index (χ2v) is 6.65. The number of hydrogen-bond acceptors (Lipinski definition) is 3.